The summed E-state index contributed by atoms with van der Waals surface area (Å²) in [5.41, 5.74) is 4.50. The van der Waals surface area contributed by atoms with Gasteiger partial charge in [-0.2, -0.15) is 13.2 Å². The lowest BCUT2D eigenvalue weighted by Gasteiger charge is -2.21. The van der Waals surface area contributed by atoms with E-state index in [0.717, 1.165) is 24.7 Å². The van der Waals surface area contributed by atoms with Gasteiger partial charge in [0.25, 0.3) is 5.91 Å². The molecule has 2 aromatic rings. The highest BCUT2D eigenvalue weighted by Gasteiger charge is 2.34. The van der Waals surface area contributed by atoms with E-state index in [0.29, 0.717) is 42.7 Å². The Labute approximate surface area is 180 Å². The van der Waals surface area contributed by atoms with E-state index >= 15 is 0 Å². The molecular weight excluding hydrogens is 430 g/mol. The highest BCUT2D eigenvalue weighted by atomic mass is 19.4. The summed E-state index contributed by atoms with van der Waals surface area (Å²) in [5, 5.41) is 2.64. The number of aromatic nitrogens is 2. The van der Waals surface area contributed by atoms with Crippen molar-refractivity contribution >= 4 is 11.6 Å². The fourth-order valence-electron chi connectivity index (χ4n) is 3.59. The summed E-state index contributed by atoms with van der Waals surface area (Å²) in [6.45, 7) is 0. The van der Waals surface area contributed by atoms with E-state index < -0.39 is 35.4 Å². The summed E-state index contributed by atoms with van der Waals surface area (Å²) in [7, 11) is 1.19. The summed E-state index contributed by atoms with van der Waals surface area (Å²) < 4.78 is 58.3. The first-order chi connectivity index (χ1) is 15.2. The minimum atomic E-state index is -4.77. The van der Waals surface area contributed by atoms with Gasteiger partial charge < -0.3 is 15.5 Å². The van der Waals surface area contributed by atoms with Crippen LogP contribution in [0.3, 0.4) is 0 Å². The summed E-state index contributed by atoms with van der Waals surface area (Å²) in [6.07, 6.45) is 0.553. The quantitative estimate of drug-likeness (QED) is 0.532. The molecule has 4 rings (SSSR count). The summed E-state index contributed by atoms with van der Waals surface area (Å²) in [5.74, 6) is -0.491. The number of hydrogen-bond donors (Lipinski definition) is 2. The van der Waals surface area contributed by atoms with Crippen LogP contribution in [0.25, 0.3) is 11.5 Å². The van der Waals surface area contributed by atoms with E-state index in [1.165, 1.54) is 7.05 Å². The van der Waals surface area contributed by atoms with Crippen LogP contribution in [-0.4, -0.2) is 34.8 Å². The summed E-state index contributed by atoms with van der Waals surface area (Å²) in [6, 6.07) is 1.01. The highest BCUT2D eigenvalue weighted by molar-refractivity contribution is 6.43. The summed E-state index contributed by atoms with van der Waals surface area (Å²) in [4.78, 5) is 24.7. The fourth-order valence-corrected chi connectivity index (χ4v) is 3.59. The Morgan fingerprint density at radius 1 is 1.34 bits per heavy atom. The number of amides is 1. The zero-order valence-corrected chi connectivity index (χ0v) is 17.2. The van der Waals surface area contributed by atoms with Gasteiger partial charge in [-0.25, -0.2) is 9.37 Å². The number of allylic oxidation sites excluding steroid dienone is 1. The Hall–Kier alpha value is -3.24. The number of aryl methyl sites for hydroxylation is 1. The van der Waals surface area contributed by atoms with Crippen LogP contribution in [0.5, 0.6) is 0 Å². The average molecular weight is 451 g/mol. The molecule has 1 amide bonds. The minimum Gasteiger partial charge on any atom is -0.441 e. The molecule has 1 fully saturated rings. The van der Waals surface area contributed by atoms with E-state index in [-0.39, 0.29) is 11.5 Å². The second-order valence-corrected chi connectivity index (χ2v) is 7.82. The number of fused-ring (bicyclic) bond motifs is 1. The molecule has 1 unspecified atom stereocenters. The molecule has 11 heteroatoms. The number of carbonyl (C=O) groups is 1. The lowest BCUT2D eigenvalue weighted by molar-refractivity contribution is -0.115. The number of nitrogens with one attached hydrogen (secondary N) is 1. The molecule has 0 spiro atoms. The first-order valence-electron chi connectivity index (χ1n) is 10.1. The Kier molecular flexibility index (Phi) is 5.74. The third-order valence-electron chi connectivity index (χ3n) is 5.46. The molecule has 2 heterocycles. The van der Waals surface area contributed by atoms with Gasteiger partial charge in [0.1, 0.15) is 22.9 Å². The van der Waals surface area contributed by atoms with E-state index in [1.54, 1.807) is 6.07 Å². The molecule has 7 nitrogen and oxygen atoms in total. The van der Waals surface area contributed by atoms with Gasteiger partial charge in [-0.1, -0.05) is 0 Å². The SMILES string of the molecule is CN=C(/C=C(\N)C(F)(F)F)C(=O)NC1CCCc2oc(-c3cc(C4CC4)ncc3F)nc21. The third-order valence-corrected chi connectivity index (χ3v) is 5.46. The second-order valence-electron chi connectivity index (χ2n) is 7.82. The van der Waals surface area contributed by atoms with E-state index in [1.807, 2.05) is 0 Å². The Bertz CT molecular complexity index is 1100. The van der Waals surface area contributed by atoms with Crippen molar-refractivity contribution in [2.75, 3.05) is 7.05 Å². The number of nitrogens with zero attached hydrogens (tertiary/aromatic N) is 3. The molecule has 0 saturated heterocycles. The molecule has 0 radical (unpaired) electrons. The zero-order valence-electron chi connectivity index (χ0n) is 17.2. The average Bonchev–Trinajstić information content (AvgIpc) is 3.50. The predicted octanol–water partition coefficient (Wildman–Crippen LogP) is 3.72. The zero-order chi connectivity index (χ0) is 23.0. The number of rotatable bonds is 5. The summed E-state index contributed by atoms with van der Waals surface area (Å²) >= 11 is 0. The first kappa shape index (κ1) is 22.0. The van der Waals surface area contributed by atoms with Crippen molar-refractivity contribution in [3.63, 3.8) is 0 Å². The second kappa shape index (κ2) is 8.36. The van der Waals surface area contributed by atoms with Gasteiger partial charge in [0.05, 0.1) is 17.8 Å². The topological polar surface area (TPSA) is 106 Å². The lowest BCUT2D eigenvalue weighted by atomic mass is 9.96. The van der Waals surface area contributed by atoms with Crippen molar-refractivity contribution in [2.24, 2.45) is 10.7 Å². The Morgan fingerprint density at radius 2 is 2.09 bits per heavy atom. The predicted molar refractivity (Wildman–Crippen MR) is 107 cm³/mol. The molecule has 0 aromatic carbocycles. The largest absolute Gasteiger partial charge is 0.441 e. The van der Waals surface area contributed by atoms with E-state index in [9.17, 15) is 22.4 Å². The molecule has 170 valence electrons. The number of oxazole rings is 1. The van der Waals surface area contributed by atoms with Crippen LogP contribution >= 0.6 is 0 Å². The normalized spacial score (nSPS) is 19.6. The van der Waals surface area contributed by atoms with Gasteiger partial charge >= 0.3 is 6.18 Å². The van der Waals surface area contributed by atoms with Gasteiger partial charge in [0.15, 0.2) is 5.82 Å². The number of aliphatic imine (C=N–C) groups is 1. The van der Waals surface area contributed by atoms with Gasteiger partial charge in [-0.05, 0) is 37.8 Å². The molecule has 2 aliphatic rings. The molecule has 0 aliphatic heterocycles. The standard InChI is InChI=1S/C21H21F4N5O2/c1-27-15(8-17(26)21(23,24)25)19(31)29-13-3-2-4-16-18(13)30-20(32-16)11-7-14(10-5-6-10)28-9-12(11)22/h7-10,13H,2-6,26H2,1H3,(H,29,31)/b17-8-,27-15?. The molecule has 3 N–H and O–H groups in total. The molecule has 2 aliphatic carbocycles. The molecule has 1 atom stereocenters. The minimum absolute atomic E-state index is 0.0866. The van der Waals surface area contributed by atoms with Gasteiger partial charge in [-0.15, -0.1) is 0 Å². The van der Waals surface area contributed by atoms with E-state index in [2.05, 4.69) is 20.3 Å². The van der Waals surface area contributed by atoms with Gasteiger partial charge in [0.2, 0.25) is 5.89 Å². The maximum Gasteiger partial charge on any atom is 0.430 e. The monoisotopic (exact) mass is 451 g/mol. The van der Waals surface area contributed by atoms with Crippen LogP contribution in [0.1, 0.15) is 54.8 Å². The van der Waals surface area contributed by atoms with Crippen molar-refractivity contribution in [2.45, 2.75) is 50.2 Å². The number of nitrogens with two attached hydrogens (primary N) is 1. The Morgan fingerprint density at radius 3 is 2.75 bits per heavy atom. The van der Waals surface area contributed by atoms with Crippen LogP contribution in [0.4, 0.5) is 17.6 Å². The van der Waals surface area contributed by atoms with Crippen LogP contribution < -0.4 is 11.1 Å². The maximum absolute atomic E-state index is 14.4. The molecular formula is C21H21F4N5O2. The van der Waals surface area contributed by atoms with Crippen LogP contribution in [0, 0.1) is 5.82 Å². The van der Waals surface area contributed by atoms with Crippen LogP contribution in [0.2, 0.25) is 0 Å². The van der Waals surface area contributed by atoms with Crippen LogP contribution in [-0.2, 0) is 11.2 Å². The number of alkyl halides is 3. The highest BCUT2D eigenvalue weighted by Crippen LogP contribution is 2.41. The van der Waals surface area contributed by atoms with Gasteiger partial charge in [-0.3, -0.25) is 14.8 Å². The number of hydrogen-bond acceptors (Lipinski definition) is 6. The lowest BCUT2D eigenvalue weighted by Crippen LogP contribution is -2.36. The fraction of sp³-hybridized carbons (Fsp3) is 0.429. The maximum atomic E-state index is 14.4. The number of carbonyl (C=O) groups excluding carboxylic acids is 1. The third kappa shape index (κ3) is 4.51. The van der Waals surface area contributed by atoms with Crippen molar-refractivity contribution in [1.29, 1.82) is 0 Å². The van der Waals surface area contributed by atoms with Crippen molar-refractivity contribution in [3.05, 3.63) is 47.0 Å². The number of pyridine rings is 1. The van der Waals surface area contributed by atoms with Crippen molar-refractivity contribution < 1.29 is 26.8 Å². The smallest absolute Gasteiger partial charge is 0.430 e. The van der Waals surface area contributed by atoms with Gasteiger partial charge in [0, 0.05) is 25.1 Å². The van der Waals surface area contributed by atoms with Crippen molar-refractivity contribution in [3.8, 4) is 11.5 Å². The molecule has 32 heavy (non-hydrogen) atoms. The molecule has 0 bridgehead atoms. The van der Waals surface area contributed by atoms with Crippen LogP contribution in [0.15, 0.2) is 33.4 Å². The molecule has 2 aromatic heterocycles. The number of halogens is 4. The van der Waals surface area contributed by atoms with Crippen molar-refractivity contribution in [1.82, 2.24) is 15.3 Å². The van der Waals surface area contributed by atoms with E-state index in [4.69, 9.17) is 10.2 Å². The molecule has 1 saturated carbocycles. The first-order valence-corrected chi connectivity index (χ1v) is 10.1. The Balaban J connectivity index is 1.58.